The standard InChI is InChI=1S/C20H23N5O3/c1-3-28-19(27)17-13(2)24(11-16(26)23-15-9-10-15)20-21-12-22-25(20)18(17)14-7-5-4-6-8-14/h4-8,12,15,18H,3,9-11H2,1-2H3,(H,23,26). The van der Waals surface area contributed by atoms with E-state index in [2.05, 4.69) is 15.4 Å². The van der Waals surface area contributed by atoms with Gasteiger partial charge in [-0.15, -0.1) is 0 Å². The quantitative estimate of drug-likeness (QED) is 0.768. The van der Waals surface area contributed by atoms with Gasteiger partial charge in [0, 0.05) is 11.7 Å². The van der Waals surface area contributed by atoms with Gasteiger partial charge < -0.3 is 15.0 Å². The number of ether oxygens (including phenoxy) is 1. The van der Waals surface area contributed by atoms with Gasteiger partial charge in [0.15, 0.2) is 0 Å². The summed E-state index contributed by atoms with van der Waals surface area (Å²) in [7, 11) is 0. The molecule has 2 heterocycles. The Labute approximate surface area is 163 Å². The molecule has 8 heteroatoms. The summed E-state index contributed by atoms with van der Waals surface area (Å²) < 4.78 is 7.02. The molecule has 1 unspecified atom stereocenters. The molecule has 0 saturated heterocycles. The number of hydrogen-bond acceptors (Lipinski definition) is 6. The Balaban J connectivity index is 1.77. The first kappa shape index (κ1) is 18.2. The van der Waals surface area contributed by atoms with E-state index in [4.69, 9.17) is 4.74 Å². The predicted molar refractivity (Wildman–Crippen MR) is 102 cm³/mol. The minimum absolute atomic E-state index is 0.0748. The fourth-order valence-corrected chi connectivity index (χ4v) is 3.48. The average Bonchev–Trinajstić information content (AvgIpc) is 3.36. The summed E-state index contributed by atoms with van der Waals surface area (Å²) in [4.78, 5) is 31.4. The first-order valence-electron chi connectivity index (χ1n) is 9.49. The van der Waals surface area contributed by atoms with E-state index in [0.717, 1.165) is 18.4 Å². The summed E-state index contributed by atoms with van der Waals surface area (Å²) in [5.41, 5.74) is 2.02. The maximum Gasteiger partial charge on any atom is 0.338 e. The number of hydrogen-bond donors (Lipinski definition) is 1. The second-order valence-electron chi connectivity index (χ2n) is 6.97. The SMILES string of the molecule is CCOC(=O)C1=C(C)N(CC(=O)NC2CC2)c2ncnn2C1c1ccccc1. The van der Waals surface area contributed by atoms with Crippen molar-refractivity contribution >= 4 is 17.8 Å². The molecule has 28 heavy (non-hydrogen) atoms. The Bertz CT molecular complexity index is 917. The first-order valence-corrected chi connectivity index (χ1v) is 9.49. The molecular weight excluding hydrogens is 358 g/mol. The smallest absolute Gasteiger partial charge is 0.338 e. The molecule has 1 amide bonds. The van der Waals surface area contributed by atoms with E-state index in [0.29, 0.717) is 17.2 Å². The molecule has 0 spiro atoms. The van der Waals surface area contributed by atoms with Gasteiger partial charge in [0.2, 0.25) is 11.9 Å². The molecule has 0 bridgehead atoms. The van der Waals surface area contributed by atoms with Gasteiger partial charge >= 0.3 is 5.97 Å². The number of amides is 1. The van der Waals surface area contributed by atoms with Crippen molar-refractivity contribution < 1.29 is 14.3 Å². The lowest BCUT2D eigenvalue weighted by atomic mass is 9.95. The van der Waals surface area contributed by atoms with Crippen LogP contribution >= 0.6 is 0 Å². The van der Waals surface area contributed by atoms with E-state index in [1.54, 1.807) is 16.5 Å². The van der Waals surface area contributed by atoms with E-state index < -0.39 is 12.0 Å². The number of aromatic nitrogens is 3. The van der Waals surface area contributed by atoms with Gasteiger partial charge in [0.1, 0.15) is 18.9 Å². The molecule has 0 radical (unpaired) electrons. The molecule has 1 N–H and O–H groups in total. The highest BCUT2D eigenvalue weighted by atomic mass is 16.5. The summed E-state index contributed by atoms with van der Waals surface area (Å²) in [5.74, 6) is 0.0192. The third-order valence-electron chi connectivity index (χ3n) is 4.96. The summed E-state index contributed by atoms with van der Waals surface area (Å²) >= 11 is 0. The first-order chi connectivity index (χ1) is 13.6. The van der Waals surface area contributed by atoms with Gasteiger partial charge in [-0.2, -0.15) is 10.1 Å². The second kappa shape index (κ2) is 7.46. The van der Waals surface area contributed by atoms with Crippen LogP contribution in [0.3, 0.4) is 0 Å². The minimum Gasteiger partial charge on any atom is -0.463 e. The van der Waals surface area contributed by atoms with Crippen molar-refractivity contribution in [2.45, 2.75) is 38.8 Å². The Morgan fingerprint density at radius 3 is 2.68 bits per heavy atom. The summed E-state index contributed by atoms with van der Waals surface area (Å²) in [6, 6.07) is 9.44. The largest absolute Gasteiger partial charge is 0.463 e. The van der Waals surface area contributed by atoms with E-state index >= 15 is 0 Å². The Morgan fingerprint density at radius 2 is 2.00 bits per heavy atom. The number of allylic oxidation sites excluding steroid dienone is 1. The molecule has 1 fully saturated rings. The zero-order valence-corrected chi connectivity index (χ0v) is 16.0. The average molecular weight is 381 g/mol. The van der Waals surface area contributed by atoms with Crippen LogP contribution in [-0.4, -0.2) is 45.8 Å². The number of carbonyl (C=O) groups is 2. The Hall–Kier alpha value is -3.16. The van der Waals surface area contributed by atoms with Gasteiger partial charge in [-0.25, -0.2) is 9.48 Å². The number of rotatable bonds is 6. The van der Waals surface area contributed by atoms with Crippen molar-refractivity contribution in [3.05, 3.63) is 53.5 Å². The number of nitrogens with one attached hydrogen (secondary N) is 1. The minimum atomic E-state index is -0.458. The molecule has 2 aliphatic rings. The molecule has 1 aromatic heterocycles. The van der Waals surface area contributed by atoms with Crippen LogP contribution in [0, 0.1) is 0 Å². The van der Waals surface area contributed by atoms with Crippen LogP contribution in [0.15, 0.2) is 47.9 Å². The molecular formula is C20H23N5O3. The van der Waals surface area contributed by atoms with E-state index in [1.807, 2.05) is 37.3 Å². The Kier molecular flexibility index (Phi) is 4.85. The molecule has 8 nitrogen and oxygen atoms in total. The van der Waals surface area contributed by atoms with Crippen molar-refractivity contribution in [3.63, 3.8) is 0 Å². The van der Waals surface area contributed by atoms with Crippen molar-refractivity contribution in [1.29, 1.82) is 0 Å². The summed E-state index contributed by atoms with van der Waals surface area (Å²) in [6.07, 6.45) is 3.47. The summed E-state index contributed by atoms with van der Waals surface area (Å²) in [6.45, 7) is 3.94. The highest BCUT2D eigenvalue weighted by Gasteiger charge is 2.38. The monoisotopic (exact) mass is 381 g/mol. The second-order valence-corrected chi connectivity index (χ2v) is 6.97. The lowest BCUT2D eigenvalue weighted by Gasteiger charge is -2.35. The number of benzene rings is 1. The lowest BCUT2D eigenvalue weighted by Crippen LogP contribution is -2.43. The van der Waals surface area contributed by atoms with Gasteiger partial charge in [-0.1, -0.05) is 30.3 Å². The van der Waals surface area contributed by atoms with E-state index in [-0.39, 0.29) is 25.1 Å². The van der Waals surface area contributed by atoms with Crippen molar-refractivity contribution in [2.75, 3.05) is 18.1 Å². The van der Waals surface area contributed by atoms with Crippen LogP contribution < -0.4 is 10.2 Å². The van der Waals surface area contributed by atoms with Crippen LogP contribution in [-0.2, 0) is 14.3 Å². The zero-order valence-electron chi connectivity index (χ0n) is 16.0. The lowest BCUT2D eigenvalue weighted by molar-refractivity contribution is -0.139. The highest BCUT2D eigenvalue weighted by Crippen LogP contribution is 2.38. The van der Waals surface area contributed by atoms with Crippen LogP contribution in [0.25, 0.3) is 0 Å². The molecule has 4 rings (SSSR count). The predicted octanol–water partition coefficient (Wildman–Crippen LogP) is 1.80. The van der Waals surface area contributed by atoms with Gasteiger partial charge in [0.05, 0.1) is 12.2 Å². The van der Waals surface area contributed by atoms with Crippen LogP contribution in [0.5, 0.6) is 0 Å². The Morgan fingerprint density at radius 1 is 1.25 bits per heavy atom. The van der Waals surface area contributed by atoms with Gasteiger partial charge in [-0.3, -0.25) is 4.79 Å². The van der Waals surface area contributed by atoms with E-state index in [1.165, 1.54) is 6.33 Å². The highest BCUT2D eigenvalue weighted by molar-refractivity contribution is 5.93. The third-order valence-corrected chi connectivity index (χ3v) is 4.96. The maximum atomic E-state index is 12.9. The molecule has 1 saturated carbocycles. The van der Waals surface area contributed by atoms with E-state index in [9.17, 15) is 9.59 Å². The summed E-state index contributed by atoms with van der Waals surface area (Å²) in [5, 5.41) is 7.34. The maximum absolute atomic E-state index is 12.9. The molecule has 146 valence electrons. The van der Waals surface area contributed by atoms with Crippen molar-refractivity contribution in [1.82, 2.24) is 20.1 Å². The molecule has 1 aliphatic carbocycles. The molecule has 1 aliphatic heterocycles. The number of anilines is 1. The van der Waals surface area contributed by atoms with Crippen LogP contribution in [0.2, 0.25) is 0 Å². The normalized spacial score (nSPS) is 18.6. The van der Waals surface area contributed by atoms with Gasteiger partial charge in [0.25, 0.3) is 0 Å². The fourth-order valence-electron chi connectivity index (χ4n) is 3.48. The van der Waals surface area contributed by atoms with Crippen molar-refractivity contribution in [2.24, 2.45) is 0 Å². The van der Waals surface area contributed by atoms with Crippen molar-refractivity contribution in [3.8, 4) is 0 Å². The fraction of sp³-hybridized carbons (Fsp3) is 0.400. The topological polar surface area (TPSA) is 89.3 Å². The van der Waals surface area contributed by atoms with Crippen LogP contribution in [0.4, 0.5) is 5.95 Å². The molecule has 2 aromatic rings. The van der Waals surface area contributed by atoms with Gasteiger partial charge in [-0.05, 0) is 32.3 Å². The third kappa shape index (κ3) is 3.37. The number of fused-ring (bicyclic) bond motifs is 1. The number of nitrogens with zero attached hydrogens (tertiary/aromatic N) is 4. The number of esters is 1. The molecule has 1 atom stereocenters. The number of carbonyl (C=O) groups excluding carboxylic acids is 2. The zero-order chi connectivity index (χ0) is 19.7. The molecule has 1 aromatic carbocycles. The van der Waals surface area contributed by atoms with Crippen LogP contribution in [0.1, 0.15) is 38.3 Å².